The van der Waals surface area contributed by atoms with Crippen LogP contribution in [-0.4, -0.2) is 50.1 Å². The van der Waals surface area contributed by atoms with Crippen molar-refractivity contribution in [2.24, 2.45) is 0 Å². The number of nitrogens with one attached hydrogen (secondary N) is 1. The first kappa shape index (κ1) is 15.1. The molecular formula is C13H13F2N5O3. The van der Waals surface area contributed by atoms with Gasteiger partial charge in [-0.05, 0) is 12.1 Å². The van der Waals surface area contributed by atoms with Gasteiger partial charge in [-0.25, -0.2) is 23.7 Å². The average Bonchev–Trinajstić information content (AvgIpc) is 2.93. The number of halogens is 2. The quantitative estimate of drug-likeness (QED) is 0.871. The molecule has 3 heterocycles. The molecule has 0 saturated heterocycles. The van der Waals surface area contributed by atoms with Crippen LogP contribution in [0, 0.1) is 0 Å². The van der Waals surface area contributed by atoms with Crippen LogP contribution >= 0.6 is 0 Å². The molecule has 1 aliphatic rings. The topological polar surface area (TPSA) is 93.1 Å². The molecule has 1 N–H and O–H groups in total. The Morgan fingerprint density at radius 2 is 2.26 bits per heavy atom. The second-order valence-electron chi connectivity index (χ2n) is 4.88. The van der Waals surface area contributed by atoms with Crippen LogP contribution in [0.5, 0.6) is 5.75 Å². The van der Waals surface area contributed by atoms with E-state index < -0.39 is 18.9 Å². The SMILES string of the molecule is O=C(c1ncccc1OCC(F)F)N1CCn2c(n[nH]c2=O)C1. The zero-order valence-corrected chi connectivity index (χ0v) is 11.9. The molecule has 8 nitrogen and oxygen atoms in total. The molecule has 10 heteroatoms. The number of carbonyl (C=O) groups excluding carboxylic acids is 1. The second kappa shape index (κ2) is 6.15. The van der Waals surface area contributed by atoms with E-state index in [1.54, 1.807) is 0 Å². The predicted octanol–water partition coefficient (Wildman–Crippen LogP) is 0.266. The van der Waals surface area contributed by atoms with Gasteiger partial charge in [0.15, 0.2) is 17.3 Å². The van der Waals surface area contributed by atoms with E-state index in [1.165, 1.54) is 27.8 Å². The van der Waals surface area contributed by atoms with Crippen molar-refractivity contribution in [1.82, 2.24) is 24.6 Å². The Morgan fingerprint density at radius 3 is 3.04 bits per heavy atom. The maximum atomic E-state index is 12.6. The van der Waals surface area contributed by atoms with Crippen molar-refractivity contribution in [2.75, 3.05) is 13.2 Å². The highest BCUT2D eigenvalue weighted by Gasteiger charge is 2.27. The fourth-order valence-corrected chi connectivity index (χ4v) is 2.32. The van der Waals surface area contributed by atoms with Gasteiger partial charge in [-0.15, -0.1) is 0 Å². The third-order valence-corrected chi connectivity index (χ3v) is 3.39. The third kappa shape index (κ3) is 3.05. The lowest BCUT2D eigenvalue weighted by molar-refractivity contribution is 0.0666. The first-order valence-electron chi connectivity index (χ1n) is 6.85. The molecule has 0 fully saturated rings. The monoisotopic (exact) mass is 325 g/mol. The molecule has 2 aromatic rings. The van der Waals surface area contributed by atoms with Gasteiger partial charge in [-0.2, -0.15) is 5.10 Å². The van der Waals surface area contributed by atoms with Crippen LogP contribution in [0.2, 0.25) is 0 Å². The molecule has 0 unspecified atom stereocenters. The lowest BCUT2D eigenvalue weighted by Gasteiger charge is -2.26. The first-order chi connectivity index (χ1) is 11.1. The number of hydrogen-bond acceptors (Lipinski definition) is 5. The van der Waals surface area contributed by atoms with Crippen LogP contribution in [0.4, 0.5) is 8.78 Å². The zero-order chi connectivity index (χ0) is 16.4. The van der Waals surface area contributed by atoms with Gasteiger partial charge < -0.3 is 9.64 Å². The van der Waals surface area contributed by atoms with Crippen molar-refractivity contribution in [3.05, 3.63) is 40.3 Å². The molecule has 0 aromatic carbocycles. The number of nitrogens with zero attached hydrogens (tertiary/aromatic N) is 4. The van der Waals surface area contributed by atoms with E-state index in [0.29, 0.717) is 12.4 Å². The molecule has 0 aliphatic carbocycles. The fraction of sp³-hybridized carbons (Fsp3) is 0.385. The average molecular weight is 325 g/mol. The van der Waals surface area contributed by atoms with E-state index in [-0.39, 0.29) is 30.2 Å². The predicted molar refractivity (Wildman–Crippen MR) is 73.3 cm³/mol. The summed E-state index contributed by atoms with van der Waals surface area (Å²) in [7, 11) is 0. The maximum Gasteiger partial charge on any atom is 0.343 e. The summed E-state index contributed by atoms with van der Waals surface area (Å²) in [6.45, 7) is -0.0973. The smallest absolute Gasteiger partial charge is 0.343 e. The highest BCUT2D eigenvalue weighted by atomic mass is 19.3. The van der Waals surface area contributed by atoms with Crippen LogP contribution in [0.25, 0.3) is 0 Å². The van der Waals surface area contributed by atoms with E-state index in [9.17, 15) is 18.4 Å². The second-order valence-corrected chi connectivity index (χ2v) is 4.88. The molecule has 0 saturated carbocycles. The fourth-order valence-electron chi connectivity index (χ4n) is 2.32. The standard InChI is InChI=1S/C13H13F2N5O3/c14-9(15)7-23-8-2-1-3-16-11(8)12(21)19-4-5-20-10(6-19)17-18-13(20)22/h1-3,9H,4-7H2,(H,18,22). The van der Waals surface area contributed by atoms with Gasteiger partial charge in [0.1, 0.15) is 6.61 Å². The molecule has 0 radical (unpaired) electrons. The summed E-state index contributed by atoms with van der Waals surface area (Å²) < 4.78 is 31.0. The van der Waals surface area contributed by atoms with Crippen LogP contribution in [-0.2, 0) is 13.1 Å². The van der Waals surface area contributed by atoms with E-state index in [1.807, 2.05) is 0 Å². The Balaban J connectivity index is 1.80. The zero-order valence-electron chi connectivity index (χ0n) is 11.9. The lowest BCUT2D eigenvalue weighted by Crippen LogP contribution is -2.41. The van der Waals surface area contributed by atoms with Gasteiger partial charge in [0.2, 0.25) is 0 Å². The number of H-pyrrole nitrogens is 1. The minimum atomic E-state index is -2.65. The number of aromatic amines is 1. The molecule has 122 valence electrons. The molecule has 1 amide bonds. The number of rotatable bonds is 4. The van der Waals surface area contributed by atoms with E-state index >= 15 is 0 Å². The summed E-state index contributed by atoms with van der Waals surface area (Å²) in [4.78, 5) is 29.4. The first-order valence-corrected chi connectivity index (χ1v) is 6.85. The lowest BCUT2D eigenvalue weighted by atomic mass is 10.2. The van der Waals surface area contributed by atoms with Gasteiger partial charge in [0, 0.05) is 19.3 Å². The van der Waals surface area contributed by atoms with Gasteiger partial charge in [0.05, 0.1) is 6.54 Å². The molecule has 3 rings (SSSR count). The number of hydrogen-bond donors (Lipinski definition) is 1. The van der Waals surface area contributed by atoms with Crippen molar-refractivity contribution in [1.29, 1.82) is 0 Å². The van der Waals surface area contributed by atoms with Crippen LogP contribution in [0.1, 0.15) is 16.3 Å². The Bertz CT molecular complexity index is 773. The minimum absolute atomic E-state index is 0.00258. The normalized spacial score (nSPS) is 14.0. The van der Waals surface area contributed by atoms with E-state index in [4.69, 9.17) is 4.74 Å². The highest BCUT2D eigenvalue weighted by Crippen LogP contribution is 2.20. The Hall–Kier alpha value is -2.78. The molecule has 23 heavy (non-hydrogen) atoms. The van der Waals surface area contributed by atoms with Crippen molar-refractivity contribution < 1.29 is 18.3 Å². The largest absolute Gasteiger partial charge is 0.485 e. The van der Waals surface area contributed by atoms with Crippen molar-refractivity contribution in [3.63, 3.8) is 0 Å². The number of carbonyl (C=O) groups is 1. The summed E-state index contributed by atoms with van der Waals surface area (Å²) in [5, 5.41) is 6.16. The number of amides is 1. The van der Waals surface area contributed by atoms with E-state index in [2.05, 4.69) is 15.2 Å². The number of aromatic nitrogens is 4. The van der Waals surface area contributed by atoms with Crippen molar-refractivity contribution in [2.45, 2.75) is 19.5 Å². The van der Waals surface area contributed by atoms with Gasteiger partial charge in [-0.3, -0.25) is 9.36 Å². The number of fused-ring (bicyclic) bond motifs is 1. The Morgan fingerprint density at radius 1 is 1.43 bits per heavy atom. The third-order valence-electron chi connectivity index (χ3n) is 3.39. The number of ether oxygens (including phenoxy) is 1. The summed E-state index contributed by atoms with van der Waals surface area (Å²) in [6.07, 6.45) is -1.26. The molecule has 0 spiro atoms. The van der Waals surface area contributed by atoms with E-state index in [0.717, 1.165) is 0 Å². The van der Waals surface area contributed by atoms with Crippen LogP contribution in [0.15, 0.2) is 23.1 Å². The van der Waals surface area contributed by atoms with Gasteiger partial charge in [-0.1, -0.05) is 0 Å². The Kier molecular flexibility index (Phi) is 4.04. The van der Waals surface area contributed by atoms with Gasteiger partial charge in [0.25, 0.3) is 12.3 Å². The molecule has 2 aromatic heterocycles. The van der Waals surface area contributed by atoms with Crippen LogP contribution in [0.3, 0.4) is 0 Å². The summed E-state index contributed by atoms with van der Waals surface area (Å²) in [5.74, 6) is -0.0278. The summed E-state index contributed by atoms with van der Waals surface area (Å²) in [6, 6.07) is 2.91. The Labute approximate surface area is 128 Å². The highest BCUT2D eigenvalue weighted by molar-refractivity contribution is 5.94. The molecular weight excluding hydrogens is 312 g/mol. The van der Waals surface area contributed by atoms with Crippen molar-refractivity contribution >= 4 is 5.91 Å². The van der Waals surface area contributed by atoms with Crippen LogP contribution < -0.4 is 10.4 Å². The molecule has 0 atom stereocenters. The maximum absolute atomic E-state index is 12.6. The van der Waals surface area contributed by atoms with Crippen molar-refractivity contribution in [3.8, 4) is 5.75 Å². The molecule has 0 bridgehead atoms. The summed E-state index contributed by atoms with van der Waals surface area (Å²) in [5.41, 5.74) is -0.370. The minimum Gasteiger partial charge on any atom is -0.485 e. The molecule has 1 aliphatic heterocycles. The number of alkyl halides is 2. The summed E-state index contributed by atoms with van der Waals surface area (Å²) >= 11 is 0. The van der Waals surface area contributed by atoms with Gasteiger partial charge >= 0.3 is 5.69 Å². The number of pyridine rings is 1.